The van der Waals surface area contributed by atoms with Gasteiger partial charge >= 0.3 is 5.97 Å². The molecule has 0 saturated carbocycles. The second-order valence-corrected chi connectivity index (χ2v) is 4.65. The Kier molecular flexibility index (Phi) is 3.37. The largest absolute Gasteiger partial charge is 0.481 e. The van der Waals surface area contributed by atoms with Crippen molar-refractivity contribution in [2.75, 3.05) is 6.54 Å². The van der Waals surface area contributed by atoms with Crippen molar-refractivity contribution in [2.45, 2.75) is 19.4 Å². The van der Waals surface area contributed by atoms with Crippen LogP contribution in [0.5, 0.6) is 0 Å². The third-order valence-corrected chi connectivity index (χ3v) is 3.51. The second-order valence-electron chi connectivity index (χ2n) is 4.65. The standard InChI is InChI=1S/C12H15N3O4/c1-7-8(12(18)19)5-6-15(7)11(17)9-3-4-10(16)14(2)13-9/h3-4,7-8H,5-6H2,1-2H3,(H,18,19). The minimum atomic E-state index is -0.892. The summed E-state index contributed by atoms with van der Waals surface area (Å²) in [6.07, 6.45) is 0.438. The molecule has 1 N–H and O–H groups in total. The number of aliphatic carboxylic acids is 1. The van der Waals surface area contributed by atoms with E-state index in [0.29, 0.717) is 13.0 Å². The third-order valence-electron chi connectivity index (χ3n) is 3.51. The van der Waals surface area contributed by atoms with Gasteiger partial charge in [-0.2, -0.15) is 5.10 Å². The molecule has 7 nitrogen and oxygen atoms in total. The molecular weight excluding hydrogens is 250 g/mol. The molecule has 1 aromatic rings. The predicted octanol–water partition coefficient (Wildman–Crippen LogP) is -0.284. The zero-order valence-electron chi connectivity index (χ0n) is 10.7. The van der Waals surface area contributed by atoms with Crippen LogP contribution in [0.15, 0.2) is 16.9 Å². The fourth-order valence-electron chi connectivity index (χ4n) is 2.32. The summed E-state index contributed by atoms with van der Waals surface area (Å²) in [5, 5.41) is 12.9. The molecule has 1 aliphatic rings. The first-order valence-corrected chi connectivity index (χ1v) is 6.00. The van der Waals surface area contributed by atoms with Gasteiger partial charge in [-0.25, -0.2) is 4.68 Å². The highest BCUT2D eigenvalue weighted by Gasteiger charge is 2.38. The Morgan fingerprint density at radius 2 is 2.11 bits per heavy atom. The minimum absolute atomic E-state index is 0.153. The molecule has 0 aromatic carbocycles. The number of aryl methyl sites for hydroxylation is 1. The van der Waals surface area contributed by atoms with Gasteiger partial charge in [0.25, 0.3) is 11.5 Å². The van der Waals surface area contributed by atoms with Gasteiger partial charge in [-0.3, -0.25) is 14.4 Å². The van der Waals surface area contributed by atoms with Crippen LogP contribution in [0.3, 0.4) is 0 Å². The first-order chi connectivity index (χ1) is 8.91. The lowest BCUT2D eigenvalue weighted by Crippen LogP contribution is -2.38. The van der Waals surface area contributed by atoms with Gasteiger partial charge in [0, 0.05) is 25.7 Å². The molecule has 19 heavy (non-hydrogen) atoms. The summed E-state index contributed by atoms with van der Waals surface area (Å²) >= 11 is 0. The van der Waals surface area contributed by atoms with Gasteiger partial charge in [0.15, 0.2) is 0 Å². The number of hydrogen-bond acceptors (Lipinski definition) is 4. The Morgan fingerprint density at radius 3 is 2.63 bits per heavy atom. The number of rotatable bonds is 2. The first-order valence-electron chi connectivity index (χ1n) is 6.00. The molecule has 102 valence electrons. The van der Waals surface area contributed by atoms with Crippen LogP contribution < -0.4 is 5.56 Å². The lowest BCUT2D eigenvalue weighted by molar-refractivity contribution is -0.142. The quantitative estimate of drug-likeness (QED) is 0.793. The van der Waals surface area contributed by atoms with E-state index in [1.54, 1.807) is 6.92 Å². The van der Waals surface area contributed by atoms with E-state index < -0.39 is 11.9 Å². The average molecular weight is 265 g/mol. The molecule has 0 aliphatic carbocycles. The van der Waals surface area contributed by atoms with E-state index in [2.05, 4.69) is 5.10 Å². The van der Waals surface area contributed by atoms with Gasteiger partial charge in [-0.05, 0) is 19.4 Å². The van der Waals surface area contributed by atoms with Crippen molar-refractivity contribution in [1.29, 1.82) is 0 Å². The van der Waals surface area contributed by atoms with E-state index in [-0.39, 0.29) is 23.2 Å². The van der Waals surface area contributed by atoms with Gasteiger partial charge in [-0.15, -0.1) is 0 Å². The number of nitrogens with zero attached hydrogens (tertiary/aromatic N) is 3. The summed E-state index contributed by atoms with van der Waals surface area (Å²) in [5.74, 6) is -1.78. The number of carboxylic acids is 1. The van der Waals surface area contributed by atoms with Crippen LogP contribution in [0.1, 0.15) is 23.8 Å². The maximum absolute atomic E-state index is 12.2. The van der Waals surface area contributed by atoms with E-state index in [9.17, 15) is 14.4 Å². The minimum Gasteiger partial charge on any atom is -0.481 e. The van der Waals surface area contributed by atoms with E-state index in [1.807, 2.05) is 0 Å². The van der Waals surface area contributed by atoms with E-state index in [0.717, 1.165) is 4.68 Å². The van der Waals surface area contributed by atoms with Crippen LogP contribution in [0.2, 0.25) is 0 Å². The Labute approximate surface area is 109 Å². The highest BCUT2D eigenvalue weighted by atomic mass is 16.4. The molecule has 1 saturated heterocycles. The number of aromatic nitrogens is 2. The van der Waals surface area contributed by atoms with Crippen LogP contribution in [0, 0.1) is 5.92 Å². The Balaban J connectivity index is 2.23. The van der Waals surface area contributed by atoms with Crippen molar-refractivity contribution in [3.8, 4) is 0 Å². The highest BCUT2D eigenvalue weighted by Crippen LogP contribution is 2.25. The van der Waals surface area contributed by atoms with Crippen LogP contribution in [-0.2, 0) is 11.8 Å². The first kappa shape index (κ1) is 13.3. The number of amides is 1. The average Bonchev–Trinajstić information content (AvgIpc) is 2.74. The summed E-state index contributed by atoms with van der Waals surface area (Å²) in [6.45, 7) is 2.10. The van der Waals surface area contributed by atoms with Crippen LogP contribution >= 0.6 is 0 Å². The molecule has 2 rings (SSSR count). The van der Waals surface area contributed by atoms with Gasteiger partial charge in [0.1, 0.15) is 5.69 Å². The van der Waals surface area contributed by atoms with Crippen LogP contribution in [0.4, 0.5) is 0 Å². The summed E-state index contributed by atoms with van der Waals surface area (Å²) in [7, 11) is 1.46. The molecule has 2 atom stereocenters. The second kappa shape index (κ2) is 4.83. The van der Waals surface area contributed by atoms with Crippen molar-refractivity contribution in [3.63, 3.8) is 0 Å². The number of hydrogen-bond donors (Lipinski definition) is 1. The van der Waals surface area contributed by atoms with Crippen molar-refractivity contribution in [3.05, 3.63) is 28.2 Å². The van der Waals surface area contributed by atoms with E-state index in [4.69, 9.17) is 5.11 Å². The molecule has 1 amide bonds. The molecule has 7 heteroatoms. The maximum atomic E-state index is 12.2. The zero-order chi connectivity index (χ0) is 14.2. The normalized spacial score (nSPS) is 22.5. The summed E-state index contributed by atoms with van der Waals surface area (Å²) in [5.41, 5.74) is -0.144. The van der Waals surface area contributed by atoms with Crippen molar-refractivity contribution >= 4 is 11.9 Å². The highest BCUT2D eigenvalue weighted by molar-refractivity contribution is 5.93. The number of carbonyl (C=O) groups is 2. The number of likely N-dealkylation sites (tertiary alicyclic amines) is 1. The molecule has 2 heterocycles. The number of carbonyl (C=O) groups excluding carboxylic acids is 1. The lowest BCUT2D eigenvalue weighted by Gasteiger charge is -2.22. The van der Waals surface area contributed by atoms with E-state index in [1.165, 1.54) is 24.1 Å². The molecular formula is C12H15N3O4. The fraction of sp³-hybridized carbons (Fsp3) is 0.500. The predicted molar refractivity (Wildman–Crippen MR) is 65.7 cm³/mol. The monoisotopic (exact) mass is 265 g/mol. The van der Waals surface area contributed by atoms with Gasteiger partial charge < -0.3 is 10.0 Å². The van der Waals surface area contributed by atoms with Crippen molar-refractivity contribution < 1.29 is 14.7 Å². The molecule has 0 bridgehead atoms. The SMILES string of the molecule is CC1C(C(=O)O)CCN1C(=O)c1ccc(=O)n(C)n1. The smallest absolute Gasteiger partial charge is 0.308 e. The van der Waals surface area contributed by atoms with Crippen molar-refractivity contribution in [2.24, 2.45) is 13.0 Å². The molecule has 1 aromatic heterocycles. The topological polar surface area (TPSA) is 92.5 Å². The molecule has 2 unspecified atom stereocenters. The maximum Gasteiger partial charge on any atom is 0.308 e. The molecule has 0 radical (unpaired) electrons. The molecule has 1 aliphatic heterocycles. The van der Waals surface area contributed by atoms with Gasteiger partial charge in [-0.1, -0.05) is 0 Å². The fourth-order valence-corrected chi connectivity index (χ4v) is 2.32. The Morgan fingerprint density at radius 1 is 1.42 bits per heavy atom. The number of carboxylic acid groups (broad SMARTS) is 1. The zero-order valence-corrected chi connectivity index (χ0v) is 10.7. The summed E-state index contributed by atoms with van der Waals surface area (Å²) in [6, 6.07) is 2.27. The van der Waals surface area contributed by atoms with Gasteiger partial charge in [0.2, 0.25) is 0 Å². The summed E-state index contributed by atoms with van der Waals surface area (Å²) in [4.78, 5) is 36.0. The Bertz CT molecular complexity index is 581. The molecule has 1 fully saturated rings. The molecule has 0 spiro atoms. The van der Waals surface area contributed by atoms with Crippen LogP contribution in [-0.4, -0.2) is 44.3 Å². The van der Waals surface area contributed by atoms with Crippen LogP contribution in [0.25, 0.3) is 0 Å². The lowest BCUT2D eigenvalue weighted by atomic mass is 10.0. The van der Waals surface area contributed by atoms with E-state index >= 15 is 0 Å². The van der Waals surface area contributed by atoms with Crippen molar-refractivity contribution in [1.82, 2.24) is 14.7 Å². The van der Waals surface area contributed by atoms with Gasteiger partial charge in [0.05, 0.1) is 5.92 Å². The Hall–Kier alpha value is -2.18. The third kappa shape index (κ3) is 2.35. The summed E-state index contributed by atoms with van der Waals surface area (Å²) < 4.78 is 1.09.